The summed E-state index contributed by atoms with van der Waals surface area (Å²) in [6.07, 6.45) is 0. The second kappa shape index (κ2) is 7.84. The monoisotopic (exact) mass is 385 g/mol. The summed E-state index contributed by atoms with van der Waals surface area (Å²) in [5.74, 6) is 1.28. The van der Waals surface area contributed by atoms with Crippen molar-refractivity contribution in [1.82, 2.24) is 0 Å². The van der Waals surface area contributed by atoms with Crippen molar-refractivity contribution in [2.45, 2.75) is 11.8 Å². The normalized spacial score (nSPS) is 11.1. The Kier molecular flexibility index (Phi) is 6.02. The van der Waals surface area contributed by atoms with Gasteiger partial charge in [-0.3, -0.25) is 4.31 Å². The summed E-state index contributed by atoms with van der Waals surface area (Å²) in [6.45, 7) is 2.37. The second-order valence-electron chi connectivity index (χ2n) is 5.04. The van der Waals surface area contributed by atoms with Crippen LogP contribution in [-0.2, 0) is 10.0 Å². The van der Waals surface area contributed by atoms with Crippen molar-refractivity contribution >= 4 is 27.3 Å². The molecule has 0 saturated carbocycles. The Balaban J connectivity index is 2.46. The molecular weight excluding hydrogens is 366 g/mol. The zero-order valence-electron chi connectivity index (χ0n) is 14.4. The molecule has 2 aromatic rings. The maximum Gasteiger partial charge on any atom is 0.264 e. The van der Waals surface area contributed by atoms with E-state index in [0.29, 0.717) is 34.6 Å². The topological polar surface area (TPSA) is 65.1 Å². The van der Waals surface area contributed by atoms with E-state index in [1.165, 1.54) is 45.5 Å². The highest BCUT2D eigenvalue weighted by atomic mass is 35.5. The fraction of sp³-hybridized carbons (Fsp3) is 0.294. The Labute approximate surface area is 152 Å². The van der Waals surface area contributed by atoms with Gasteiger partial charge in [0.25, 0.3) is 10.0 Å². The summed E-state index contributed by atoms with van der Waals surface area (Å²) in [6, 6.07) is 9.26. The molecule has 8 heteroatoms. The van der Waals surface area contributed by atoms with Gasteiger partial charge in [0, 0.05) is 19.2 Å². The number of halogens is 1. The molecule has 0 saturated heterocycles. The molecule has 0 atom stereocenters. The van der Waals surface area contributed by atoms with Crippen molar-refractivity contribution in [3.05, 3.63) is 41.4 Å². The van der Waals surface area contributed by atoms with Crippen LogP contribution in [0.3, 0.4) is 0 Å². The molecular formula is C17H20ClNO5S. The van der Waals surface area contributed by atoms with E-state index in [2.05, 4.69) is 0 Å². The Morgan fingerprint density at radius 2 is 1.64 bits per heavy atom. The first kappa shape index (κ1) is 19.2. The van der Waals surface area contributed by atoms with Crippen LogP contribution in [0.5, 0.6) is 17.2 Å². The lowest BCUT2D eigenvalue weighted by Gasteiger charge is -2.22. The molecule has 0 bridgehead atoms. The Hall–Kier alpha value is -2.12. The fourth-order valence-electron chi connectivity index (χ4n) is 2.25. The molecule has 0 aromatic heterocycles. The van der Waals surface area contributed by atoms with E-state index < -0.39 is 10.0 Å². The molecule has 0 radical (unpaired) electrons. The molecule has 0 spiro atoms. The van der Waals surface area contributed by atoms with Gasteiger partial charge >= 0.3 is 0 Å². The number of hydrogen-bond donors (Lipinski definition) is 0. The zero-order valence-corrected chi connectivity index (χ0v) is 16.0. The predicted molar refractivity (Wildman–Crippen MR) is 97.8 cm³/mol. The van der Waals surface area contributed by atoms with Crippen LogP contribution in [0, 0.1) is 0 Å². The maximum absolute atomic E-state index is 12.9. The van der Waals surface area contributed by atoms with E-state index in [4.69, 9.17) is 25.8 Å². The van der Waals surface area contributed by atoms with E-state index in [0.717, 1.165) is 4.31 Å². The molecule has 2 aromatic carbocycles. The smallest absolute Gasteiger partial charge is 0.264 e. The fourth-order valence-corrected chi connectivity index (χ4v) is 3.68. The standard InChI is InChI=1S/C17H20ClNO5S/c1-5-24-12-6-8-13(9-7-12)25(20,21)19(2)15-11-16(22-3)14(18)10-17(15)23-4/h6-11H,5H2,1-4H3. The van der Waals surface area contributed by atoms with Gasteiger partial charge in [-0.25, -0.2) is 8.42 Å². The highest BCUT2D eigenvalue weighted by molar-refractivity contribution is 7.92. The van der Waals surface area contributed by atoms with Gasteiger partial charge in [-0.05, 0) is 31.2 Å². The predicted octanol–water partition coefficient (Wildman–Crippen LogP) is 3.58. The third-order valence-electron chi connectivity index (χ3n) is 3.59. The first-order valence-electron chi connectivity index (χ1n) is 7.48. The molecule has 0 aliphatic heterocycles. The number of hydrogen-bond acceptors (Lipinski definition) is 5. The van der Waals surface area contributed by atoms with Gasteiger partial charge in [0.2, 0.25) is 0 Å². The van der Waals surface area contributed by atoms with Crippen LogP contribution in [0.25, 0.3) is 0 Å². The minimum Gasteiger partial charge on any atom is -0.495 e. The van der Waals surface area contributed by atoms with E-state index in [-0.39, 0.29) is 4.90 Å². The molecule has 0 aliphatic rings. The Morgan fingerprint density at radius 3 is 2.16 bits per heavy atom. The molecule has 136 valence electrons. The van der Waals surface area contributed by atoms with E-state index >= 15 is 0 Å². The van der Waals surface area contributed by atoms with Gasteiger partial charge < -0.3 is 14.2 Å². The average molecular weight is 386 g/mol. The minimum atomic E-state index is -3.80. The molecule has 2 rings (SSSR count). The lowest BCUT2D eigenvalue weighted by atomic mass is 10.2. The molecule has 0 amide bonds. The van der Waals surface area contributed by atoms with Gasteiger partial charge in [-0.15, -0.1) is 0 Å². The minimum absolute atomic E-state index is 0.134. The number of rotatable bonds is 7. The summed E-state index contributed by atoms with van der Waals surface area (Å²) in [5, 5.41) is 0.329. The average Bonchev–Trinajstić information content (AvgIpc) is 2.61. The SMILES string of the molecule is CCOc1ccc(S(=O)(=O)N(C)c2cc(OC)c(Cl)cc2OC)cc1. The lowest BCUT2D eigenvalue weighted by molar-refractivity contribution is 0.340. The molecule has 0 fully saturated rings. The summed E-state index contributed by atoms with van der Waals surface area (Å²) in [7, 11) is 0.547. The first-order chi connectivity index (χ1) is 11.8. The Morgan fingerprint density at radius 1 is 1.04 bits per heavy atom. The van der Waals surface area contributed by atoms with Gasteiger partial charge in [-0.2, -0.15) is 0 Å². The molecule has 0 heterocycles. The van der Waals surface area contributed by atoms with Crippen LogP contribution < -0.4 is 18.5 Å². The third-order valence-corrected chi connectivity index (χ3v) is 5.67. The van der Waals surface area contributed by atoms with Crippen LogP contribution in [0.1, 0.15) is 6.92 Å². The summed E-state index contributed by atoms with van der Waals surface area (Å²) < 4.78 is 42.7. The van der Waals surface area contributed by atoms with Gasteiger partial charge in [0.05, 0.1) is 36.4 Å². The van der Waals surface area contributed by atoms with Gasteiger partial charge in [0.1, 0.15) is 17.2 Å². The summed E-state index contributed by atoms with van der Waals surface area (Å²) in [5.41, 5.74) is 0.317. The number of nitrogens with zero attached hydrogens (tertiary/aromatic N) is 1. The Bertz CT molecular complexity index is 837. The van der Waals surface area contributed by atoms with Gasteiger partial charge in [-0.1, -0.05) is 11.6 Å². The van der Waals surface area contributed by atoms with Crippen LogP contribution in [0.4, 0.5) is 5.69 Å². The summed E-state index contributed by atoms with van der Waals surface area (Å²) >= 11 is 6.08. The molecule has 25 heavy (non-hydrogen) atoms. The number of benzene rings is 2. The van der Waals surface area contributed by atoms with Crippen LogP contribution >= 0.6 is 11.6 Å². The second-order valence-corrected chi connectivity index (χ2v) is 7.41. The highest BCUT2D eigenvalue weighted by Gasteiger charge is 2.25. The van der Waals surface area contributed by atoms with Crippen molar-refractivity contribution in [2.75, 3.05) is 32.2 Å². The van der Waals surface area contributed by atoms with Gasteiger partial charge in [0.15, 0.2) is 0 Å². The molecule has 0 unspecified atom stereocenters. The van der Waals surface area contributed by atoms with Crippen LogP contribution in [0.15, 0.2) is 41.3 Å². The van der Waals surface area contributed by atoms with Crippen molar-refractivity contribution in [2.24, 2.45) is 0 Å². The quantitative estimate of drug-likeness (QED) is 0.728. The van der Waals surface area contributed by atoms with Crippen molar-refractivity contribution in [1.29, 1.82) is 0 Å². The van der Waals surface area contributed by atoms with Crippen molar-refractivity contribution in [3.63, 3.8) is 0 Å². The molecule has 0 aliphatic carbocycles. The van der Waals surface area contributed by atoms with Crippen LogP contribution in [-0.4, -0.2) is 36.3 Å². The highest BCUT2D eigenvalue weighted by Crippen LogP contribution is 2.39. The third kappa shape index (κ3) is 3.93. The van der Waals surface area contributed by atoms with E-state index in [1.54, 1.807) is 12.1 Å². The van der Waals surface area contributed by atoms with Crippen molar-refractivity contribution in [3.8, 4) is 17.2 Å². The molecule has 0 N–H and O–H groups in total. The van der Waals surface area contributed by atoms with E-state index in [1.807, 2.05) is 6.92 Å². The largest absolute Gasteiger partial charge is 0.495 e. The number of methoxy groups -OCH3 is 2. The maximum atomic E-state index is 12.9. The number of sulfonamides is 1. The van der Waals surface area contributed by atoms with E-state index in [9.17, 15) is 8.42 Å². The molecule has 6 nitrogen and oxygen atoms in total. The van der Waals surface area contributed by atoms with Crippen molar-refractivity contribution < 1.29 is 22.6 Å². The van der Waals surface area contributed by atoms with Crippen LogP contribution in [0.2, 0.25) is 5.02 Å². The number of anilines is 1. The lowest BCUT2D eigenvalue weighted by Crippen LogP contribution is -2.27. The number of ether oxygens (including phenoxy) is 3. The first-order valence-corrected chi connectivity index (χ1v) is 9.30. The summed E-state index contributed by atoms with van der Waals surface area (Å²) in [4.78, 5) is 0.134. The zero-order chi connectivity index (χ0) is 18.6.